The molecule has 0 bridgehead atoms. The van der Waals surface area contributed by atoms with Crippen LogP contribution in [0, 0.1) is 25.5 Å². The summed E-state index contributed by atoms with van der Waals surface area (Å²) in [6.45, 7) is 5.50. The Kier molecular flexibility index (Phi) is 6.01. The molecule has 3 aromatic rings. The summed E-state index contributed by atoms with van der Waals surface area (Å²) in [6.07, 6.45) is 1.07. The molecule has 4 nitrogen and oxygen atoms in total. The first-order valence-corrected chi connectivity index (χ1v) is 9.46. The highest BCUT2D eigenvalue weighted by atomic mass is 19.1. The second kappa shape index (κ2) is 8.47. The number of rotatable bonds is 6. The molecule has 0 spiro atoms. The molecule has 0 aliphatic heterocycles. The molecule has 1 heterocycles. The molecule has 150 valence electrons. The highest BCUT2D eigenvalue weighted by Gasteiger charge is 2.28. The van der Waals surface area contributed by atoms with Gasteiger partial charge in [-0.05, 0) is 32.4 Å². The monoisotopic (exact) mass is 396 g/mol. The normalized spacial score (nSPS) is 12.0. The Labute approximate surface area is 168 Å². The third-order valence-electron chi connectivity index (χ3n) is 4.87. The molecule has 29 heavy (non-hydrogen) atoms. The molecule has 0 radical (unpaired) electrons. The summed E-state index contributed by atoms with van der Waals surface area (Å²) >= 11 is 0. The standard InChI is InChI=1S/C23H22F2N2O2/c1-4-6-16(23(28)29)19-14(3)26-22(20-17(24)7-5-8-18(20)25)27-21(19)15-11-9-13(2)10-12-15/h5,7-12,16H,4,6H2,1-3H3,(H,28,29). The van der Waals surface area contributed by atoms with Crippen molar-refractivity contribution >= 4 is 5.97 Å². The fraction of sp³-hybridized carbons (Fsp3) is 0.261. The van der Waals surface area contributed by atoms with E-state index in [0.29, 0.717) is 35.4 Å². The molecule has 0 amide bonds. The van der Waals surface area contributed by atoms with E-state index in [1.807, 2.05) is 38.1 Å². The Morgan fingerprint density at radius 1 is 1.03 bits per heavy atom. The highest BCUT2D eigenvalue weighted by Crippen LogP contribution is 2.35. The third-order valence-corrected chi connectivity index (χ3v) is 4.87. The van der Waals surface area contributed by atoms with Crippen LogP contribution >= 0.6 is 0 Å². The zero-order valence-electron chi connectivity index (χ0n) is 16.5. The summed E-state index contributed by atoms with van der Waals surface area (Å²) in [6, 6.07) is 11.0. The van der Waals surface area contributed by atoms with Crippen LogP contribution in [-0.2, 0) is 4.79 Å². The van der Waals surface area contributed by atoms with Crippen molar-refractivity contribution in [2.75, 3.05) is 0 Å². The van der Waals surface area contributed by atoms with Crippen molar-refractivity contribution in [3.8, 4) is 22.6 Å². The fourth-order valence-electron chi connectivity index (χ4n) is 3.43. The van der Waals surface area contributed by atoms with Crippen molar-refractivity contribution in [2.45, 2.75) is 39.5 Å². The predicted octanol–water partition coefficient (Wildman–Crippen LogP) is 5.67. The number of carboxylic acid groups (broad SMARTS) is 1. The van der Waals surface area contributed by atoms with E-state index in [4.69, 9.17) is 0 Å². The minimum absolute atomic E-state index is 0.0990. The van der Waals surface area contributed by atoms with Crippen molar-refractivity contribution in [3.05, 3.63) is 70.9 Å². The number of nitrogens with zero attached hydrogens (tertiary/aromatic N) is 2. The Morgan fingerprint density at radius 3 is 2.21 bits per heavy atom. The van der Waals surface area contributed by atoms with E-state index >= 15 is 0 Å². The number of aromatic nitrogens is 2. The van der Waals surface area contributed by atoms with Gasteiger partial charge in [0.15, 0.2) is 5.82 Å². The highest BCUT2D eigenvalue weighted by molar-refractivity contribution is 5.81. The maximum atomic E-state index is 14.3. The molecule has 1 atom stereocenters. The van der Waals surface area contributed by atoms with Crippen LogP contribution in [0.4, 0.5) is 8.78 Å². The van der Waals surface area contributed by atoms with Crippen LogP contribution in [0.25, 0.3) is 22.6 Å². The first kappa shape index (κ1) is 20.6. The van der Waals surface area contributed by atoms with Gasteiger partial charge in [-0.25, -0.2) is 18.7 Å². The van der Waals surface area contributed by atoms with Gasteiger partial charge in [0.05, 0.1) is 17.2 Å². The number of carboxylic acids is 1. The van der Waals surface area contributed by atoms with Gasteiger partial charge in [0.1, 0.15) is 11.6 Å². The predicted molar refractivity (Wildman–Crippen MR) is 108 cm³/mol. The molecular formula is C23H22F2N2O2. The van der Waals surface area contributed by atoms with Crippen LogP contribution < -0.4 is 0 Å². The summed E-state index contributed by atoms with van der Waals surface area (Å²) in [5.41, 5.74) is 2.65. The molecule has 1 unspecified atom stereocenters. The van der Waals surface area contributed by atoms with Crippen molar-refractivity contribution in [2.24, 2.45) is 0 Å². The van der Waals surface area contributed by atoms with E-state index in [9.17, 15) is 18.7 Å². The summed E-state index contributed by atoms with van der Waals surface area (Å²) in [5.74, 6) is -3.42. The average Bonchev–Trinajstić information content (AvgIpc) is 2.66. The van der Waals surface area contributed by atoms with Crippen LogP contribution in [0.5, 0.6) is 0 Å². The molecule has 2 aromatic carbocycles. The van der Waals surface area contributed by atoms with Gasteiger partial charge in [-0.1, -0.05) is 49.2 Å². The van der Waals surface area contributed by atoms with Crippen LogP contribution in [0.15, 0.2) is 42.5 Å². The van der Waals surface area contributed by atoms with Gasteiger partial charge in [-0.15, -0.1) is 0 Å². The summed E-state index contributed by atoms with van der Waals surface area (Å²) in [4.78, 5) is 20.7. The number of halogens is 2. The van der Waals surface area contributed by atoms with Crippen LogP contribution in [0.3, 0.4) is 0 Å². The van der Waals surface area contributed by atoms with E-state index < -0.39 is 23.5 Å². The van der Waals surface area contributed by atoms with Gasteiger partial charge in [0.25, 0.3) is 0 Å². The quantitative estimate of drug-likeness (QED) is 0.583. The second-order valence-corrected chi connectivity index (χ2v) is 7.04. The Balaban J connectivity index is 2.32. The first-order valence-electron chi connectivity index (χ1n) is 9.46. The number of carbonyl (C=O) groups is 1. The minimum atomic E-state index is -0.975. The van der Waals surface area contributed by atoms with E-state index in [1.54, 1.807) is 6.92 Å². The second-order valence-electron chi connectivity index (χ2n) is 7.04. The first-order chi connectivity index (χ1) is 13.8. The molecule has 6 heteroatoms. The SMILES string of the molecule is CCCC(C(=O)O)c1c(C)nc(-c2c(F)cccc2F)nc1-c1ccc(C)cc1. The van der Waals surface area contributed by atoms with E-state index in [-0.39, 0.29) is 11.4 Å². The summed E-state index contributed by atoms with van der Waals surface area (Å²) in [5, 5.41) is 9.80. The number of benzene rings is 2. The van der Waals surface area contributed by atoms with Crippen LogP contribution in [-0.4, -0.2) is 21.0 Å². The maximum absolute atomic E-state index is 14.3. The van der Waals surface area contributed by atoms with Crippen LogP contribution in [0.1, 0.15) is 42.5 Å². The van der Waals surface area contributed by atoms with Crippen LogP contribution in [0.2, 0.25) is 0 Å². The molecule has 1 aromatic heterocycles. The van der Waals surface area contributed by atoms with Gasteiger partial charge in [0, 0.05) is 16.8 Å². The van der Waals surface area contributed by atoms with Crippen molar-refractivity contribution < 1.29 is 18.7 Å². The summed E-state index contributed by atoms with van der Waals surface area (Å²) in [7, 11) is 0. The lowest BCUT2D eigenvalue weighted by Gasteiger charge is -2.19. The van der Waals surface area contributed by atoms with E-state index in [2.05, 4.69) is 9.97 Å². The molecule has 0 saturated carbocycles. The molecular weight excluding hydrogens is 374 g/mol. The topological polar surface area (TPSA) is 63.1 Å². The fourth-order valence-corrected chi connectivity index (χ4v) is 3.43. The largest absolute Gasteiger partial charge is 0.481 e. The number of hydrogen-bond acceptors (Lipinski definition) is 3. The average molecular weight is 396 g/mol. The lowest BCUT2D eigenvalue weighted by molar-refractivity contribution is -0.139. The van der Waals surface area contributed by atoms with Gasteiger partial charge in [0.2, 0.25) is 0 Å². The molecule has 0 aliphatic rings. The number of hydrogen-bond donors (Lipinski definition) is 1. The molecule has 1 N–H and O–H groups in total. The minimum Gasteiger partial charge on any atom is -0.481 e. The molecule has 0 fully saturated rings. The zero-order chi connectivity index (χ0) is 21.1. The van der Waals surface area contributed by atoms with Crippen molar-refractivity contribution in [1.29, 1.82) is 0 Å². The van der Waals surface area contributed by atoms with Gasteiger partial charge >= 0.3 is 5.97 Å². The Bertz CT molecular complexity index is 1030. The van der Waals surface area contributed by atoms with Crippen molar-refractivity contribution in [1.82, 2.24) is 9.97 Å². The lowest BCUT2D eigenvalue weighted by Crippen LogP contribution is -2.16. The van der Waals surface area contributed by atoms with Gasteiger partial charge < -0.3 is 5.11 Å². The van der Waals surface area contributed by atoms with E-state index in [1.165, 1.54) is 6.07 Å². The lowest BCUT2D eigenvalue weighted by atomic mass is 9.89. The Hall–Kier alpha value is -3.15. The zero-order valence-corrected chi connectivity index (χ0v) is 16.5. The number of aliphatic carboxylic acids is 1. The maximum Gasteiger partial charge on any atom is 0.311 e. The van der Waals surface area contributed by atoms with Crippen molar-refractivity contribution in [3.63, 3.8) is 0 Å². The van der Waals surface area contributed by atoms with Gasteiger partial charge in [-0.2, -0.15) is 0 Å². The third kappa shape index (κ3) is 4.16. The smallest absolute Gasteiger partial charge is 0.311 e. The molecule has 0 saturated heterocycles. The van der Waals surface area contributed by atoms with E-state index in [0.717, 1.165) is 17.7 Å². The molecule has 3 rings (SSSR count). The summed E-state index contributed by atoms with van der Waals surface area (Å²) < 4.78 is 28.7. The Morgan fingerprint density at radius 2 is 1.66 bits per heavy atom. The number of aryl methyl sites for hydroxylation is 2. The molecule has 0 aliphatic carbocycles. The van der Waals surface area contributed by atoms with Gasteiger partial charge in [-0.3, -0.25) is 4.79 Å².